The molecule has 0 bridgehead atoms. The minimum atomic E-state index is -0.944. The van der Waals surface area contributed by atoms with Gasteiger partial charge in [0.25, 0.3) is 0 Å². The molecule has 5 rings (SSSR count). The van der Waals surface area contributed by atoms with Crippen molar-refractivity contribution in [1.82, 2.24) is 24.3 Å². The molecule has 1 spiro atoms. The Labute approximate surface area is 222 Å². The Kier molecular flexibility index (Phi) is 7.01. The molecule has 2 aliphatic heterocycles. The van der Waals surface area contributed by atoms with Crippen LogP contribution in [0.2, 0.25) is 0 Å². The molecule has 1 saturated carbocycles. The zero-order valence-corrected chi connectivity index (χ0v) is 22.2. The molecular weight excluding hydrogens is 484 g/mol. The molecule has 3 heterocycles. The van der Waals surface area contributed by atoms with E-state index in [9.17, 15) is 14.4 Å². The number of rotatable bonds is 6. The number of likely N-dealkylation sites (tertiary alicyclic amines) is 1. The maximum absolute atomic E-state index is 12.7. The predicted molar refractivity (Wildman–Crippen MR) is 145 cm³/mol. The maximum Gasteiger partial charge on any atom is 0.354 e. The zero-order valence-electron chi connectivity index (χ0n) is 22.2. The number of carbonyl (C=O) groups excluding carboxylic acids is 2. The first-order chi connectivity index (χ1) is 18.0. The van der Waals surface area contributed by atoms with Crippen molar-refractivity contribution in [3.8, 4) is 5.69 Å². The van der Waals surface area contributed by atoms with Crippen LogP contribution < -0.4 is 22.5 Å². The molecule has 2 saturated heterocycles. The number of piperazine rings is 1. The van der Waals surface area contributed by atoms with Crippen LogP contribution >= 0.6 is 0 Å². The van der Waals surface area contributed by atoms with E-state index >= 15 is 0 Å². The van der Waals surface area contributed by atoms with Crippen molar-refractivity contribution >= 4 is 17.8 Å². The number of nitrogens with two attached hydrogens (primary N) is 2. The van der Waals surface area contributed by atoms with Crippen molar-refractivity contribution < 1.29 is 9.59 Å². The number of urea groups is 1. The van der Waals surface area contributed by atoms with Crippen molar-refractivity contribution in [1.29, 1.82) is 0 Å². The maximum atomic E-state index is 12.7. The first kappa shape index (κ1) is 26.3. The minimum absolute atomic E-state index is 0.140. The number of benzene rings is 1. The Morgan fingerprint density at radius 3 is 2.29 bits per heavy atom. The van der Waals surface area contributed by atoms with Crippen molar-refractivity contribution in [2.24, 2.45) is 16.9 Å². The highest BCUT2D eigenvalue weighted by Crippen LogP contribution is 2.47. The molecule has 204 valence electrons. The summed E-state index contributed by atoms with van der Waals surface area (Å²) in [6.07, 6.45) is 4.99. The molecule has 3 fully saturated rings. The summed E-state index contributed by atoms with van der Waals surface area (Å²) in [5.74, 6) is 0.0482. The van der Waals surface area contributed by atoms with Gasteiger partial charge in [-0.3, -0.25) is 14.7 Å². The number of nitrogens with zero attached hydrogens (tertiary/aromatic N) is 5. The molecule has 1 aromatic heterocycles. The van der Waals surface area contributed by atoms with Crippen LogP contribution in [0.1, 0.15) is 32.3 Å². The smallest absolute Gasteiger partial charge is 0.338 e. The fourth-order valence-electron chi connectivity index (χ4n) is 5.60. The van der Waals surface area contributed by atoms with Crippen molar-refractivity contribution in [3.05, 3.63) is 52.6 Å². The Morgan fingerprint density at radius 2 is 1.74 bits per heavy atom. The number of hydrogen-bond acceptors (Lipinski definition) is 7. The van der Waals surface area contributed by atoms with Gasteiger partial charge in [0.2, 0.25) is 5.91 Å². The monoisotopic (exact) mass is 522 g/mol. The van der Waals surface area contributed by atoms with E-state index in [-0.39, 0.29) is 17.8 Å². The molecule has 3 amide bonds. The highest BCUT2D eigenvalue weighted by atomic mass is 16.2. The molecular formula is C27H38N8O3. The van der Waals surface area contributed by atoms with Crippen molar-refractivity contribution in [2.45, 2.75) is 44.7 Å². The largest absolute Gasteiger partial charge is 0.354 e. The lowest BCUT2D eigenvalue weighted by Crippen LogP contribution is -2.69. The van der Waals surface area contributed by atoms with Crippen LogP contribution in [0.15, 0.2) is 41.3 Å². The number of nitrogens with one attached hydrogen (secondary N) is 1. The molecule has 38 heavy (non-hydrogen) atoms. The van der Waals surface area contributed by atoms with Gasteiger partial charge in [-0.1, -0.05) is 12.1 Å². The molecule has 3 aliphatic rings. The van der Waals surface area contributed by atoms with Crippen LogP contribution in [0.5, 0.6) is 0 Å². The summed E-state index contributed by atoms with van der Waals surface area (Å²) in [6, 6.07) is 9.54. The van der Waals surface area contributed by atoms with Gasteiger partial charge in [-0.25, -0.2) is 9.59 Å². The van der Waals surface area contributed by atoms with Crippen molar-refractivity contribution in [3.63, 3.8) is 0 Å². The molecule has 2 aromatic rings. The SMILES string of the molecule is CC(C)(N)C(=O)N1CCN(C(=O)Nc2ccn(-c3ccc(CCN4CC5(CCC5N)C4)cc3)c(=O)n2)CC1. The van der Waals surface area contributed by atoms with E-state index < -0.39 is 11.2 Å². The topological polar surface area (TPSA) is 143 Å². The second-order valence-electron chi connectivity index (χ2n) is 11.5. The van der Waals surface area contributed by atoms with Gasteiger partial charge in [-0.05, 0) is 56.9 Å². The fourth-order valence-corrected chi connectivity index (χ4v) is 5.60. The van der Waals surface area contributed by atoms with Gasteiger partial charge in [-0.2, -0.15) is 4.98 Å². The lowest BCUT2D eigenvalue weighted by atomic mass is 9.60. The van der Waals surface area contributed by atoms with Crippen LogP contribution in [-0.4, -0.2) is 93.6 Å². The summed E-state index contributed by atoms with van der Waals surface area (Å²) in [5, 5.41) is 2.69. The minimum Gasteiger partial charge on any atom is -0.338 e. The number of aromatic nitrogens is 2. The third-order valence-corrected chi connectivity index (χ3v) is 8.19. The zero-order chi connectivity index (χ0) is 27.1. The fraction of sp³-hybridized carbons (Fsp3) is 0.556. The molecule has 5 N–H and O–H groups in total. The molecule has 1 aliphatic carbocycles. The third-order valence-electron chi connectivity index (χ3n) is 8.19. The van der Waals surface area contributed by atoms with Crippen LogP contribution in [0, 0.1) is 5.41 Å². The third kappa shape index (κ3) is 5.31. The standard InChI is InChI=1S/C27H38N8O3/c1-26(2,29)23(36)33-13-15-34(16-14-33)24(37)30-22-9-12-35(25(38)31-22)20-5-3-19(4-6-20)8-11-32-17-27(18-32)10-7-21(27)28/h3-6,9,12,21H,7-8,10-11,13-18,28-29H2,1-2H3,(H,30,31,37,38). The predicted octanol–water partition coefficient (Wildman–Crippen LogP) is 0.612. The lowest BCUT2D eigenvalue weighted by molar-refractivity contribution is -0.137. The second-order valence-corrected chi connectivity index (χ2v) is 11.5. The van der Waals surface area contributed by atoms with Gasteiger partial charge in [-0.15, -0.1) is 0 Å². The van der Waals surface area contributed by atoms with E-state index in [1.54, 1.807) is 35.9 Å². The molecule has 11 nitrogen and oxygen atoms in total. The van der Waals surface area contributed by atoms with Gasteiger partial charge in [0, 0.05) is 63.5 Å². The number of amides is 3. The molecule has 1 atom stereocenters. The van der Waals surface area contributed by atoms with Gasteiger partial charge >= 0.3 is 11.7 Å². The highest BCUT2D eigenvalue weighted by molar-refractivity contribution is 5.89. The Balaban J connectivity index is 1.11. The highest BCUT2D eigenvalue weighted by Gasteiger charge is 2.52. The van der Waals surface area contributed by atoms with E-state index in [2.05, 4.69) is 15.2 Å². The molecule has 1 unspecified atom stereocenters. The Morgan fingerprint density at radius 1 is 1.08 bits per heavy atom. The first-order valence-corrected chi connectivity index (χ1v) is 13.4. The van der Waals surface area contributed by atoms with Gasteiger partial charge < -0.3 is 26.2 Å². The quantitative estimate of drug-likeness (QED) is 0.504. The summed E-state index contributed by atoms with van der Waals surface area (Å²) < 4.78 is 1.45. The average Bonchev–Trinajstić information content (AvgIpc) is 2.86. The van der Waals surface area contributed by atoms with E-state index in [0.29, 0.717) is 37.6 Å². The van der Waals surface area contributed by atoms with E-state index in [0.717, 1.165) is 38.2 Å². The van der Waals surface area contributed by atoms with E-state index in [4.69, 9.17) is 11.5 Å². The molecule has 1 aromatic carbocycles. The molecule has 0 radical (unpaired) electrons. The number of hydrogen-bond donors (Lipinski definition) is 3. The number of carbonyl (C=O) groups is 2. The Hall–Kier alpha value is -3.28. The summed E-state index contributed by atoms with van der Waals surface area (Å²) in [7, 11) is 0. The summed E-state index contributed by atoms with van der Waals surface area (Å²) in [6.45, 7) is 8.15. The molecule has 11 heteroatoms. The van der Waals surface area contributed by atoms with Crippen LogP contribution in [0.3, 0.4) is 0 Å². The van der Waals surface area contributed by atoms with E-state index in [1.165, 1.54) is 16.6 Å². The number of anilines is 1. The normalized spacial score (nSPS) is 21.1. The van der Waals surface area contributed by atoms with Gasteiger partial charge in [0.1, 0.15) is 5.82 Å². The summed E-state index contributed by atoms with van der Waals surface area (Å²) in [4.78, 5) is 47.5. The second kappa shape index (κ2) is 10.1. The van der Waals surface area contributed by atoms with Crippen LogP contribution in [0.25, 0.3) is 5.69 Å². The summed E-state index contributed by atoms with van der Waals surface area (Å²) in [5.41, 5.74) is 13.0. The van der Waals surface area contributed by atoms with E-state index in [1.807, 2.05) is 24.3 Å². The first-order valence-electron chi connectivity index (χ1n) is 13.4. The van der Waals surface area contributed by atoms with Crippen LogP contribution in [-0.2, 0) is 11.2 Å². The van der Waals surface area contributed by atoms with Gasteiger partial charge in [0.05, 0.1) is 11.2 Å². The van der Waals surface area contributed by atoms with Gasteiger partial charge in [0.15, 0.2) is 0 Å². The van der Waals surface area contributed by atoms with Crippen molar-refractivity contribution in [2.75, 3.05) is 51.1 Å². The van der Waals surface area contributed by atoms with Crippen LogP contribution in [0.4, 0.5) is 10.6 Å². The average molecular weight is 523 g/mol. The Bertz CT molecular complexity index is 1240. The summed E-state index contributed by atoms with van der Waals surface area (Å²) >= 11 is 0. The lowest BCUT2D eigenvalue weighted by Gasteiger charge is -2.59.